The summed E-state index contributed by atoms with van der Waals surface area (Å²) < 4.78 is 0. The fraction of sp³-hybridized carbons (Fsp3) is 0.222. The zero-order valence-electron chi connectivity index (χ0n) is 19.5. The van der Waals surface area contributed by atoms with Crippen LogP contribution in [0.3, 0.4) is 0 Å². The Morgan fingerprint density at radius 1 is 1.17 bits per heavy atom. The van der Waals surface area contributed by atoms with E-state index < -0.39 is 17.9 Å². The van der Waals surface area contributed by atoms with E-state index in [1.54, 1.807) is 30.3 Å². The summed E-state index contributed by atoms with van der Waals surface area (Å²) in [5.74, 6) is -1.42. The van der Waals surface area contributed by atoms with Gasteiger partial charge in [-0.15, -0.1) is 0 Å². The normalized spacial score (nSPS) is 14.3. The Bertz CT molecular complexity index is 1250. The number of anilines is 1. The number of nitrogens with one attached hydrogen (secondary N) is 2. The number of aliphatic carboxylic acids is 1. The molecular formula is C27H26Cl2N2O3S. The Kier molecular flexibility index (Phi) is 8.89. The van der Waals surface area contributed by atoms with Gasteiger partial charge in [-0.05, 0) is 53.8 Å². The van der Waals surface area contributed by atoms with Crippen LogP contribution in [0.25, 0.3) is 0 Å². The first kappa shape index (κ1) is 26.7. The molecule has 0 spiro atoms. The lowest BCUT2D eigenvalue weighted by Crippen LogP contribution is -2.42. The molecule has 3 N–H and O–H groups in total. The van der Waals surface area contributed by atoms with Gasteiger partial charge in [-0.3, -0.25) is 4.79 Å². The highest BCUT2D eigenvalue weighted by Gasteiger charge is 2.23. The second-order valence-electron chi connectivity index (χ2n) is 8.29. The number of thiocarbonyl (C=S) groups is 1. The van der Waals surface area contributed by atoms with Crippen LogP contribution < -0.4 is 10.6 Å². The quantitative estimate of drug-likeness (QED) is 0.364. The number of rotatable bonds is 8. The van der Waals surface area contributed by atoms with Crippen LogP contribution in [0.4, 0.5) is 5.69 Å². The molecular weight excluding hydrogens is 503 g/mol. The van der Waals surface area contributed by atoms with Crippen LogP contribution in [0, 0.1) is 6.92 Å². The van der Waals surface area contributed by atoms with Gasteiger partial charge in [-0.1, -0.05) is 79.3 Å². The van der Waals surface area contributed by atoms with Gasteiger partial charge in [0.2, 0.25) is 0 Å². The van der Waals surface area contributed by atoms with Crippen molar-refractivity contribution in [1.82, 2.24) is 5.32 Å². The molecule has 8 heteroatoms. The monoisotopic (exact) mass is 528 g/mol. The second kappa shape index (κ2) is 11.7. The maximum absolute atomic E-state index is 12.7. The fourth-order valence-electron chi connectivity index (χ4n) is 3.88. The topological polar surface area (TPSA) is 78.4 Å². The maximum atomic E-state index is 12.7. The van der Waals surface area contributed by atoms with Crippen LogP contribution in [0.2, 0.25) is 0 Å². The molecule has 0 bridgehead atoms. The largest absolute Gasteiger partial charge is 0.480 e. The van der Waals surface area contributed by atoms with Gasteiger partial charge >= 0.3 is 5.97 Å². The smallest absolute Gasteiger partial charge is 0.326 e. The number of aryl methyl sites for hydroxylation is 2. The molecule has 0 heterocycles. The fourth-order valence-corrected chi connectivity index (χ4v) is 5.08. The first-order valence-electron chi connectivity index (χ1n) is 11.1. The molecule has 1 aliphatic rings. The average Bonchev–Trinajstić information content (AvgIpc) is 2.78. The van der Waals surface area contributed by atoms with Crippen molar-refractivity contribution in [1.29, 1.82) is 0 Å². The minimum absolute atomic E-state index is 0.213. The van der Waals surface area contributed by atoms with Crippen molar-refractivity contribution >= 4 is 58.0 Å². The third-order valence-electron chi connectivity index (χ3n) is 5.67. The van der Waals surface area contributed by atoms with Gasteiger partial charge in [0.25, 0.3) is 5.91 Å². The summed E-state index contributed by atoms with van der Waals surface area (Å²) in [5.41, 5.74) is 5.20. The van der Waals surface area contributed by atoms with E-state index in [2.05, 4.69) is 17.2 Å². The number of allylic oxidation sites excluding steroid dienone is 3. The molecule has 0 aliphatic heterocycles. The first-order chi connectivity index (χ1) is 16.6. The highest BCUT2D eigenvalue weighted by molar-refractivity contribution is 7.80. The number of carbonyl (C=O) groups excluding carboxylic acids is 1. The van der Waals surface area contributed by atoms with Crippen LogP contribution in [0.15, 0.2) is 76.3 Å². The van der Waals surface area contributed by atoms with Crippen LogP contribution in [-0.2, 0) is 22.4 Å². The molecule has 0 saturated heterocycles. The van der Waals surface area contributed by atoms with Crippen LogP contribution in [0.1, 0.15) is 35.6 Å². The van der Waals surface area contributed by atoms with Gasteiger partial charge in [0.1, 0.15) is 11.0 Å². The van der Waals surface area contributed by atoms with Gasteiger partial charge in [-0.25, -0.2) is 4.79 Å². The van der Waals surface area contributed by atoms with E-state index in [1.165, 1.54) is 0 Å². The minimum Gasteiger partial charge on any atom is -0.480 e. The lowest BCUT2D eigenvalue weighted by Gasteiger charge is -2.20. The molecule has 0 saturated carbocycles. The molecule has 0 aromatic heterocycles. The molecule has 2 aromatic carbocycles. The molecule has 0 fully saturated rings. The predicted octanol–water partition coefficient (Wildman–Crippen LogP) is 6.03. The van der Waals surface area contributed by atoms with E-state index in [1.807, 2.05) is 32.0 Å². The van der Waals surface area contributed by atoms with Crippen LogP contribution in [-0.4, -0.2) is 28.0 Å². The SMILES string of the molecule is C=C1C=C(Cl)C(C(=O)Nc2ccc(CC(NC(=S)c3c(C)cccc3CC)C(=O)O)cc2)=C(Cl)C1. The van der Waals surface area contributed by atoms with Crippen molar-refractivity contribution in [2.45, 2.75) is 39.2 Å². The van der Waals surface area contributed by atoms with E-state index >= 15 is 0 Å². The molecule has 1 amide bonds. The van der Waals surface area contributed by atoms with Crippen molar-refractivity contribution in [3.8, 4) is 0 Å². The molecule has 1 unspecified atom stereocenters. The highest BCUT2D eigenvalue weighted by Crippen LogP contribution is 2.33. The molecule has 5 nitrogen and oxygen atoms in total. The van der Waals surface area contributed by atoms with Crippen molar-refractivity contribution in [2.24, 2.45) is 0 Å². The third kappa shape index (κ3) is 6.60. The van der Waals surface area contributed by atoms with Gasteiger partial charge in [0, 0.05) is 29.1 Å². The predicted molar refractivity (Wildman–Crippen MR) is 146 cm³/mol. The van der Waals surface area contributed by atoms with Gasteiger partial charge in [0.05, 0.1) is 10.6 Å². The van der Waals surface area contributed by atoms with E-state index in [0.29, 0.717) is 22.1 Å². The molecule has 2 aromatic rings. The summed E-state index contributed by atoms with van der Waals surface area (Å²) in [5, 5.41) is 16.2. The van der Waals surface area contributed by atoms with Crippen molar-refractivity contribution in [3.63, 3.8) is 0 Å². The average molecular weight is 529 g/mol. The number of halogens is 2. The van der Waals surface area contributed by atoms with Gasteiger partial charge in [0.15, 0.2) is 0 Å². The third-order valence-corrected chi connectivity index (χ3v) is 6.62. The second-order valence-corrected chi connectivity index (χ2v) is 9.56. The lowest BCUT2D eigenvalue weighted by atomic mass is 9.99. The molecule has 35 heavy (non-hydrogen) atoms. The van der Waals surface area contributed by atoms with Crippen molar-refractivity contribution < 1.29 is 14.7 Å². The van der Waals surface area contributed by atoms with Gasteiger partial charge in [-0.2, -0.15) is 0 Å². The number of amides is 1. The van der Waals surface area contributed by atoms with E-state index in [9.17, 15) is 14.7 Å². The summed E-state index contributed by atoms with van der Waals surface area (Å²) >= 11 is 18.0. The summed E-state index contributed by atoms with van der Waals surface area (Å²) in [7, 11) is 0. The van der Waals surface area contributed by atoms with E-state index in [0.717, 1.165) is 34.2 Å². The number of carboxylic acids is 1. The Morgan fingerprint density at radius 3 is 2.46 bits per heavy atom. The summed E-state index contributed by atoms with van der Waals surface area (Å²) in [6.07, 6.45) is 2.99. The standard InChI is InChI=1S/C27H26Cl2N2O3S/c1-4-18-7-5-6-16(3)23(18)26(35)31-22(27(33)34)14-17-8-10-19(11-9-17)30-25(32)24-20(28)12-15(2)13-21(24)29/h5-12,22H,2,4,13-14H2,1,3H3,(H,30,32)(H,31,35)(H,33,34). The summed E-state index contributed by atoms with van der Waals surface area (Å²) in [6, 6.07) is 11.9. The number of hydrogen-bond donors (Lipinski definition) is 3. The van der Waals surface area contributed by atoms with E-state index in [-0.39, 0.29) is 17.0 Å². The Labute approximate surface area is 220 Å². The van der Waals surface area contributed by atoms with Crippen molar-refractivity contribution in [2.75, 3.05) is 5.32 Å². The number of carbonyl (C=O) groups is 2. The Balaban J connectivity index is 1.70. The minimum atomic E-state index is -1.00. The highest BCUT2D eigenvalue weighted by atomic mass is 35.5. The van der Waals surface area contributed by atoms with Gasteiger partial charge < -0.3 is 15.7 Å². The van der Waals surface area contributed by atoms with Crippen molar-refractivity contribution in [3.05, 3.63) is 98.6 Å². The summed E-state index contributed by atoms with van der Waals surface area (Å²) in [4.78, 5) is 25.1. The number of carboxylic acid groups (broad SMARTS) is 1. The Morgan fingerprint density at radius 2 is 1.86 bits per heavy atom. The zero-order valence-corrected chi connectivity index (χ0v) is 21.8. The molecule has 3 rings (SSSR count). The molecule has 1 aliphatic carbocycles. The Hall–Kier alpha value is -2.93. The van der Waals surface area contributed by atoms with Crippen LogP contribution in [0.5, 0.6) is 0 Å². The van der Waals surface area contributed by atoms with E-state index in [4.69, 9.17) is 35.4 Å². The lowest BCUT2D eigenvalue weighted by molar-refractivity contribution is -0.139. The molecule has 182 valence electrons. The molecule has 1 atom stereocenters. The summed E-state index contributed by atoms with van der Waals surface area (Å²) in [6.45, 7) is 7.82. The maximum Gasteiger partial charge on any atom is 0.326 e. The number of hydrogen-bond acceptors (Lipinski definition) is 3. The van der Waals surface area contributed by atoms with Crippen LogP contribution >= 0.6 is 35.4 Å². The molecule has 0 radical (unpaired) electrons. The number of benzene rings is 2. The first-order valence-corrected chi connectivity index (χ1v) is 12.2. The zero-order chi connectivity index (χ0) is 25.7.